The molecule has 4 N–H and O–H groups in total. The summed E-state index contributed by atoms with van der Waals surface area (Å²) in [6.45, 7) is 5.05. The summed E-state index contributed by atoms with van der Waals surface area (Å²) < 4.78 is 45.1. The minimum absolute atomic E-state index is 0.0115. The number of hydrogen-bond donors (Lipinski definition) is 4. The second-order valence-electron chi connectivity index (χ2n) is 14.7. The van der Waals surface area contributed by atoms with Crippen LogP contribution in [-0.4, -0.2) is 92.7 Å². The number of carbonyl (C=O) groups is 4. The van der Waals surface area contributed by atoms with Crippen LogP contribution in [0, 0.1) is 5.92 Å². The van der Waals surface area contributed by atoms with Crippen molar-refractivity contribution in [3.8, 4) is 16.5 Å². The fourth-order valence-electron chi connectivity index (χ4n) is 6.99. The van der Waals surface area contributed by atoms with Gasteiger partial charge in [-0.1, -0.05) is 38.2 Å². The van der Waals surface area contributed by atoms with E-state index in [0.717, 1.165) is 25.7 Å². The van der Waals surface area contributed by atoms with Crippen LogP contribution in [0.1, 0.15) is 78.6 Å². The zero-order valence-corrected chi connectivity index (χ0v) is 30.8. The number of nitrogens with one attached hydrogen (secondary N) is 2. The molecule has 6 rings (SSSR count). The molecule has 1 saturated carbocycles. The number of benzene rings is 1. The number of ether oxygens (including phenoxy) is 2. The quantitative estimate of drug-likeness (QED) is 0.255. The Morgan fingerprint density at radius 1 is 1.06 bits per heavy atom. The van der Waals surface area contributed by atoms with Gasteiger partial charge in [0.05, 0.1) is 27.4 Å². The second kappa shape index (κ2) is 14.6. The van der Waals surface area contributed by atoms with Crippen molar-refractivity contribution < 1.29 is 46.7 Å². The summed E-state index contributed by atoms with van der Waals surface area (Å²) in [7, 11) is -4.51. The predicted molar refractivity (Wildman–Crippen MR) is 189 cm³/mol. The maximum Gasteiger partial charge on any atom is 0.408 e. The van der Waals surface area contributed by atoms with Crippen LogP contribution in [0.3, 0.4) is 0 Å². The second-order valence-corrected chi connectivity index (χ2v) is 17.0. The Kier molecular flexibility index (Phi) is 10.5. The van der Waals surface area contributed by atoms with Crippen LogP contribution in [0.4, 0.5) is 4.79 Å². The van der Waals surface area contributed by atoms with Crippen LogP contribution in [0.15, 0.2) is 40.6 Å². The summed E-state index contributed by atoms with van der Waals surface area (Å²) in [5.74, 6) is -2.42. The zero-order chi connectivity index (χ0) is 37.4. The average Bonchev–Trinajstić information content (AvgIpc) is 3.37. The van der Waals surface area contributed by atoms with E-state index in [1.54, 1.807) is 32.9 Å². The van der Waals surface area contributed by atoms with Crippen molar-refractivity contribution in [3.63, 3.8) is 0 Å². The molecule has 3 aromatic rings. The number of carbonyl (C=O) groups excluding carboxylic acids is 3. The molecule has 5 atom stereocenters. The maximum atomic E-state index is 14.4. The molecule has 4 heterocycles. The number of aliphatic carboxylic acids is 1. The Balaban J connectivity index is 1.34. The lowest BCUT2D eigenvalue weighted by atomic mass is 10.0. The van der Waals surface area contributed by atoms with Gasteiger partial charge in [0.25, 0.3) is 10.1 Å². The number of fused-ring (bicyclic) bond motifs is 3. The van der Waals surface area contributed by atoms with Crippen LogP contribution in [-0.2, 0) is 29.2 Å². The predicted octanol–water partition coefficient (Wildman–Crippen LogP) is 4.55. The summed E-state index contributed by atoms with van der Waals surface area (Å²) in [6, 6.07) is 5.21. The highest BCUT2D eigenvalue weighted by atomic mass is 32.2. The van der Waals surface area contributed by atoms with E-state index in [1.165, 1.54) is 34.4 Å². The summed E-state index contributed by atoms with van der Waals surface area (Å²) in [5.41, 5.74) is -1.49. The van der Waals surface area contributed by atoms with Crippen LogP contribution < -0.4 is 15.4 Å². The van der Waals surface area contributed by atoms with Crippen molar-refractivity contribution in [3.05, 3.63) is 35.7 Å². The van der Waals surface area contributed by atoms with E-state index in [-0.39, 0.29) is 46.4 Å². The van der Waals surface area contributed by atoms with E-state index >= 15 is 0 Å². The first-order chi connectivity index (χ1) is 24.5. The lowest BCUT2D eigenvalue weighted by Crippen LogP contribution is -2.56. The van der Waals surface area contributed by atoms with E-state index in [1.807, 2.05) is 5.38 Å². The molecule has 1 aromatic carbocycles. The Morgan fingerprint density at radius 3 is 2.46 bits per heavy atom. The number of aromatic nitrogens is 2. The molecule has 3 aliphatic rings. The molecule has 0 bridgehead atoms. The third kappa shape index (κ3) is 8.31. The average molecular weight is 758 g/mol. The van der Waals surface area contributed by atoms with Gasteiger partial charge in [-0.2, -0.15) is 8.42 Å². The van der Waals surface area contributed by atoms with Gasteiger partial charge in [-0.3, -0.25) is 14.1 Å². The molecule has 2 aliphatic heterocycles. The molecule has 52 heavy (non-hydrogen) atoms. The first-order valence-electron chi connectivity index (χ1n) is 17.4. The minimum Gasteiger partial charge on any atom is -0.479 e. The fourth-order valence-corrected chi connectivity index (χ4v) is 8.20. The monoisotopic (exact) mass is 757 g/mol. The zero-order valence-electron chi connectivity index (χ0n) is 29.2. The van der Waals surface area contributed by atoms with Crippen LogP contribution in [0.5, 0.6) is 5.88 Å². The number of alkyl carbamates (subject to hydrolysis) is 1. The number of amides is 3. The molecule has 0 radical (unpaired) electrons. The molecule has 2 aromatic heterocycles. The summed E-state index contributed by atoms with van der Waals surface area (Å²) in [5, 5.41) is 17.5. The van der Waals surface area contributed by atoms with Crippen LogP contribution >= 0.6 is 11.3 Å². The molecule has 0 spiro atoms. The molecule has 3 amide bonds. The van der Waals surface area contributed by atoms with Gasteiger partial charge in [0, 0.05) is 6.42 Å². The molecule has 2 saturated heterocycles. The summed E-state index contributed by atoms with van der Waals surface area (Å²) >= 11 is 1.34. The molecule has 1 aliphatic carbocycles. The molecular weight excluding hydrogens is 715 g/mol. The topological polar surface area (TPSA) is 214 Å². The molecule has 2 unspecified atom stereocenters. The fraction of sp³-hybridized carbons (Fsp3) is 0.543. The normalized spacial score (nSPS) is 26.0. The molecule has 280 valence electrons. The Bertz CT molecular complexity index is 1970. The van der Waals surface area contributed by atoms with Gasteiger partial charge < -0.3 is 30.1 Å². The first-order valence-corrected chi connectivity index (χ1v) is 19.7. The maximum absolute atomic E-state index is 14.4. The third-order valence-corrected chi connectivity index (χ3v) is 11.4. The highest BCUT2D eigenvalue weighted by Gasteiger charge is 2.62. The standard InChI is InChI=1S/C35H43N5O10S2/c1-34(2,3)50-33(45)38-24-11-8-6-4-5-7-10-20-18-35(20,32(43)44)39-29(41)26-16-21(19-40(26)31(24)42)49-30-28(27-12-9-15-51-27)36-25-17-22(52(46,47)48)13-14-23(25)37-30/h9,12-15,17,20-21,24,26H,4-8,10-11,16,18-19H2,1-3H3,(H,38,45)(H,39,41)(H,43,44)(H,46,47,48)/t20?,21-,24+,26+,35?/m1/s1. The Labute approximate surface area is 305 Å². The van der Waals surface area contributed by atoms with E-state index in [9.17, 15) is 37.3 Å². The SMILES string of the molecule is CC(C)(C)OC(=O)N[C@H]1CCCCCCCC2CC2(C(=O)O)NC(=O)[C@@H]2C[C@@H](Oc3nc4ccc(S(=O)(=O)O)cc4nc3-c3cccs3)CN2C1=O. The summed E-state index contributed by atoms with van der Waals surface area (Å²) in [4.78, 5) is 64.7. The van der Waals surface area contributed by atoms with Crippen molar-refractivity contribution in [1.29, 1.82) is 0 Å². The van der Waals surface area contributed by atoms with Gasteiger partial charge in [-0.25, -0.2) is 19.6 Å². The van der Waals surface area contributed by atoms with Gasteiger partial charge >= 0.3 is 12.1 Å². The van der Waals surface area contributed by atoms with Gasteiger partial charge in [-0.15, -0.1) is 11.3 Å². The van der Waals surface area contributed by atoms with Gasteiger partial charge in [-0.05, 0) is 75.6 Å². The number of rotatable bonds is 6. The summed E-state index contributed by atoms with van der Waals surface area (Å²) in [6.07, 6.45) is 3.70. The lowest BCUT2D eigenvalue weighted by molar-refractivity contribution is -0.146. The van der Waals surface area contributed by atoms with E-state index in [2.05, 4.69) is 20.6 Å². The Morgan fingerprint density at radius 2 is 1.79 bits per heavy atom. The Hall–Kier alpha value is -4.35. The van der Waals surface area contributed by atoms with Crippen LogP contribution in [0.2, 0.25) is 0 Å². The molecule has 15 nitrogen and oxygen atoms in total. The van der Waals surface area contributed by atoms with Crippen LogP contribution in [0.25, 0.3) is 21.6 Å². The van der Waals surface area contributed by atoms with Gasteiger partial charge in [0.15, 0.2) is 0 Å². The number of nitrogens with zero attached hydrogens (tertiary/aromatic N) is 3. The van der Waals surface area contributed by atoms with Crippen molar-refractivity contribution in [2.45, 2.75) is 113 Å². The van der Waals surface area contributed by atoms with E-state index < -0.39 is 63.3 Å². The number of carboxylic acid groups (broad SMARTS) is 1. The number of hydrogen-bond acceptors (Lipinski definition) is 11. The smallest absolute Gasteiger partial charge is 0.408 e. The molecule has 3 fully saturated rings. The van der Waals surface area contributed by atoms with Gasteiger partial charge in [0.2, 0.25) is 17.7 Å². The lowest BCUT2D eigenvalue weighted by Gasteiger charge is -2.30. The van der Waals surface area contributed by atoms with E-state index in [0.29, 0.717) is 30.6 Å². The number of carboxylic acids is 1. The molecule has 17 heteroatoms. The van der Waals surface area contributed by atoms with Crippen molar-refractivity contribution >= 4 is 56.4 Å². The highest BCUT2D eigenvalue weighted by Crippen LogP contribution is 2.47. The van der Waals surface area contributed by atoms with Crippen molar-refractivity contribution in [2.24, 2.45) is 5.92 Å². The minimum atomic E-state index is -4.51. The highest BCUT2D eigenvalue weighted by molar-refractivity contribution is 7.85. The number of thiophene rings is 1. The van der Waals surface area contributed by atoms with Crippen molar-refractivity contribution in [2.75, 3.05) is 6.54 Å². The third-order valence-electron chi connectivity index (χ3n) is 9.65. The largest absolute Gasteiger partial charge is 0.479 e. The van der Waals surface area contributed by atoms with Gasteiger partial charge in [0.1, 0.15) is 35.0 Å². The van der Waals surface area contributed by atoms with Crippen molar-refractivity contribution in [1.82, 2.24) is 25.5 Å². The van der Waals surface area contributed by atoms with E-state index in [4.69, 9.17) is 9.47 Å². The molecular formula is C35H43N5O10S2. The first kappa shape index (κ1) is 37.4.